The normalized spacial score (nSPS) is 9.14. The van der Waals surface area contributed by atoms with Crippen LogP contribution in [-0.4, -0.2) is 6.54 Å². The summed E-state index contributed by atoms with van der Waals surface area (Å²) in [6, 6.07) is 1.99. The molecule has 0 aromatic heterocycles. The number of anilines is 1. The van der Waals surface area contributed by atoms with Crippen LogP contribution in [0.4, 0.5) is 18.9 Å². The predicted molar refractivity (Wildman–Crippen MR) is 48.3 cm³/mol. The van der Waals surface area contributed by atoms with Crippen molar-refractivity contribution in [2.45, 2.75) is 6.92 Å². The molecule has 0 bridgehead atoms. The minimum atomic E-state index is -1.47. The highest BCUT2D eigenvalue weighted by Crippen LogP contribution is 2.18. The maximum Gasteiger partial charge on any atom is 0.196 e. The average molecular weight is 199 g/mol. The van der Waals surface area contributed by atoms with Crippen molar-refractivity contribution in [3.05, 3.63) is 29.6 Å². The maximum atomic E-state index is 13.0. The predicted octanol–water partition coefficient (Wildman–Crippen LogP) is 2.54. The molecule has 0 fully saturated rings. The summed E-state index contributed by atoms with van der Waals surface area (Å²) in [5.41, 5.74) is -0.0911. The second-order valence-corrected chi connectivity index (χ2v) is 2.50. The standard InChI is InChI=1S/C10H8F3N/c1-2-3-6-14-8-5-4-7(11)9(12)10(8)13/h4-5,14H,6H2,1H3. The molecule has 0 saturated heterocycles. The highest BCUT2D eigenvalue weighted by molar-refractivity contribution is 5.46. The number of halogens is 3. The van der Waals surface area contributed by atoms with Crippen molar-refractivity contribution < 1.29 is 13.2 Å². The van der Waals surface area contributed by atoms with E-state index in [1.807, 2.05) is 0 Å². The van der Waals surface area contributed by atoms with Gasteiger partial charge in [-0.1, -0.05) is 5.92 Å². The lowest BCUT2D eigenvalue weighted by molar-refractivity contribution is 0.449. The molecule has 14 heavy (non-hydrogen) atoms. The minimum Gasteiger partial charge on any atom is -0.372 e. The van der Waals surface area contributed by atoms with Gasteiger partial charge in [0.05, 0.1) is 12.2 Å². The van der Waals surface area contributed by atoms with Crippen LogP contribution < -0.4 is 5.32 Å². The number of hydrogen-bond acceptors (Lipinski definition) is 1. The zero-order valence-corrected chi connectivity index (χ0v) is 7.50. The Morgan fingerprint density at radius 2 is 1.93 bits per heavy atom. The van der Waals surface area contributed by atoms with E-state index in [0.717, 1.165) is 12.1 Å². The Bertz CT molecular complexity index is 390. The Morgan fingerprint density at radius 3 is 2.57 bits per heavy atom. The van der Waals surface area contributed by atoms with E-state index in [-0.39, 0.29) is 12.2 Å². The summed E-state index contributed by atoms with van der Waals surface area (Å²) in [6.07, 6.45) is 0. The van der Waals surface area contributed by atoms with Crippen LogP contribution in [0.2, 0.25) is 0 Å². The van der Waals surface area contributed by atoms with Gasteiger partial charge in [-0.15, -0.1) is 5.92 Å². The molecule has 1 rings (SSSR count). The van der Waals surface area contributed by atoms with E-state index < -0.39 is 17.5 Å². The maximum absolute atomic E-state index is 13.0. The molecule has 0 aliphatic carbocycles. The number of hydrogen-bond donors (Lipinski definition) is 1. The van der Waals surface area contributed by atoms with E-state index in [1.165, 1.54) is 0 Å². The Hall–Kier alpha value is -1.63. The topological polar surface area (TPSA) is 12.0 Å². The van der Waals surface area contributed by atoms with Crippen LogP contribution in [0.3, 0.4) is 0 Å². The molecule has 1 N–H and O–H groups in total. The van der Waals surface area contributed by atoms with Gasteiger partial charge in [0.25, 0.3) is 0 Å². The first kappa shape index (κ1) is 10.5. The van der Waals surface area contributed by atoms with Crippen molar-refractivity contribution in [2.75, 3.05) is 11.9 Å². The van der Waals surface area contributed by atoms with Crippen LogP contribution >= 0.6 is 0 Å². The van der Waals surface area contributed by atoms with Gasteiger partial charge in [0.15, 0.2) is 17.5 Å². The van der Waals surface area contributed by atoms with Gasteiger partial charge < -0.3 is 5.32 Å². The summed E-state index contributed by atoms with van der Waals surface area (Å²) in [6.45, 7) is 1.82. The molecule has 0 spiro atoms. The molecule has 0 unspecified atom stereocenters. The number of nitrogens with one attached hydrogen (secondary N) is 1. The molecule has 0 radical (unpaired) electrons. The van der Waals surface area contributed by atoms with Crippen molar-refractivity contribution >= 4 is 5.69 Å². The summed E-state index contributed by atoms with van der Waals surface area (Å²) < 4.78 is 38.1. The van der Waals surface area contributed by atoms with Gasteiger partial charge in [-0.2, -0.15) is 0 Å². The molecule has 1 aromatic carbocycles. The molecular formula is C10H8F3N. The Kier molecular flexibility index (Phi) is 3.41. The summed E-state index contributed by atoms with van der Waals surface area (Å²) >= 11 is 0. The summed E-state index contributed by atoms with van der Waals surface area (Å²) in [5.74, 6) is 1.30. The molecule has 0 aliphatic rings. The highest BCUT2D eigenvalue weighted by Gasteiger charge is 2.12. The van der Waals surface area contributed by atoms with Crippen molar-refractivity contribution in [3.63, 3.8) is 0 Å². The van der Waals surface area contributed by atoms with E-state index >= 15 is 0 Å². The van der Waals surface area contributed by atoms with Crippen molar-refractivity contribution in [1.29, 1.82) is 0 Å². The fourth-order valence-corrected chi connectivity index (χ4v) is 0.890. The Labute approximate surface area is 79.9 Å². The van der Waals surface area contributed by atoms with E-state index in [0.29, 0.717) is 0 Å². The first-order chi connectivity index (χ1) is 6.66. The summed E-state index contributed by atoms with van der Waals surface area (Å²) in [5, 5.41) is 2.53. The minimum absolute atomic E-state index is 0.0911. The molecular weight excluding hydrogens is 191 g/mol. The largest absolute Gasteiger partial charge is 0.372 e. The van der Waals surface area contributed by atoms with Crippen LogP contribution in [0, 0.1) is 29.3 Å². The van der Waals surface area contributed by atoms with E-state index in [1.54, 1.807) is 6.92 Å². The lowest BCUT2D eigenvalue weighted by Gasteiger charge is -2.04. The third-order valence-electron chi connectivity index (χ3n) is 1.58. The second kappa shape index (κ2) is 4.56. The smallest absolute Gasteiger partial charge is 0.196 e. The van der Waals surface area contributed by atoms with Gasteiger partial charge in [0.2, 0.25) is 0 Å². The average Bonchev–Trinajstić information content (AvgIpc) is 2.18. The van der Waals surface area contributed by atoms with Crippen LogP contribution in [0.15, 0.2) is 12.1 Å². The Balaban J connectivity index is 2.86. The number of benzene rings is 1. The van der Waals surface area contributed by atoms with Gasteiger partial charge in [-0.3, -0.25) is 0 Å². The molecule has 0 saturated carbocycles. The van der Waals surface area contributed by atoms with Crippen molar-refractivity contribution in [1.82, 2.24) is 0 Å². The van der Waals surface area contributed by atoms with Crippen molar-refractivity contribution in [2.24, 2.45) is 0 Å². The third kappa shape index (κ3) is 2.19. The van der Waals surface area contributed by atoms with Gasteiger partial charge in [-0.05, 0) is 19.1 Å². The molecule has 74 valence electrons. The molecule has 1 nitrogen and oxygen atoms in total. The molecule has 4 heteroatoms. The monoisotopic (exact) mass is 199 g/mol. The SMILES string of the molecule is CC#CCNc1ccc(F)c(F)c1F. The molecule has 0 amide bonds. The van der Waals surface area contributed by atoms with E-state index in [9.17, 15) is 13.2 Å². The van der Waals surface area contributed by atoms with Crippen LogP contribution in [0.25, 0.3) is 0 Å². The Morgan fingerprint density at radius 1 is 1.21 bits per heavy atom. The first-order valence-corrected chi connectivity index (χ1v) is 3.93. The lowest BCUT2D eigenvalue weighted by Crippen LogP contribution is -2.03. The quantitative estimate of drug-likeness (QED) is 0.570. The zero-order chi connectivity index (χ0) is 10.6. The second-order valence-electron chi connectivity index (χ2n) is 2.50. The highest BCUT2D eigenvalue weighted by atomic mass is 19.2. The van der Waals surface area contributed by atoms with Crippen molar-refractivity contribution in [3.8, 4) is 11.8 Å². The van der Waals surface area contributed by atoms with Crippen LogP contribution in [0.1, 0.15) is 6.92 Å². The third-order valence-corrected chi connectivity index (χ3v) is 1.58. The molecule has 0 heterocycles. The first-order valence-electron chi connectivity index (χ1n) is 3.93. The number of rotatable bonds is 2. The van der Waals surface area contributed by atoms with E-state index in [4.69, 9.17) is 0 Å². The van der Waals surface area contributed by atoms with Crippen LogP contribution in [-0.2, 0) is 0 Å². The van der Waals surface area contributed by atoms with Gasteiger partial charge in [-0.25, -0.2) is 13.2 Å². The zero-order valence-electron chi connectivity index (χ0n) is 7.50. The van der Waals surface area contributed by atoms with Gasteiger partial charge in [0.1, 0.15) is 0 Å². The molecule has 0 atom stereocenters. The summed E-state index contributed by atoms with van der Waals surface area (Å²) in [4.78, 5) is 0. The summed E-state index contributed by atoms with van der Waals surface area (Å²) in [7, 11) is 0. The van der Waals surface area contributed by atoms with Crippen LogP contribution in [0.5, 0.6) is 0 Å². The fraction of sp³-hybridized carbons (Fsp3) is 0.200. The lowest BCUT2D eigenvalue weighted by atomic mass is 10.3. The molecule has 0 aliphatic heterocycles. The molecule has 1 aromatic rings. The van der Waals surface area contributed by atoms with Gasteiger partial charge >= 0.3 is 0 Å². The van der Waals surface area contributed by atoms with E-state index in [2.05, 4.69) is 17.2 Å². The fourth-order valence-electron chi connectivity index (χ4n) is 0.890. The van der Waals surface area contributed by atoms with Gasteiger partial charge in [0, 0.05) is 0 Å².